The number of nitrogens with zero attached hydrogens (tertiary/aromatic N) is 1. The molecule has 3 atom stereocenters. The first-order chi connectivity index (χ1) is 6.93. The van der Waals surface area contributed by atoms with Crippen LogP contribution in [0.3, 0.4) is 0 Å². The first kappa shape index (κ1) is 11.8. The van der Waals surface area contributed by atoms with Gasteiger partial charge in [0.2, 0.25) is 5.91 Å². The third-order valence-corrected chi connectivity index (χ3v) is 3.29. The molecule has 0 aromatic rings. The van der Waals surface area contributed by atoms with Crippen LogP contribution in [0.15, 0.2) is 12.2 Å². The smallest absolute Gasteiger partial charge is 0.328 e. The topological polar surface area (TPSA) is 57.6 Å². The quantitative estimate of drug-likeness (QED) is 0.696. The molecule has 1 aliphatic rings. The fourth-order valence-corrected chi connectivity index (χ4v) is 1.93. The number of amides is 1. The van der Waals surface area contributed by atoms with Gasteiger partial charge in [-0.3, -0.25) is 4.79 Å². The summed E-state index contributed by atoms with van der Waals surface area (Å²) in [7, 11) is 0. The first-order valence-corrected chi connectivity index (χ1v) is 5.15. The molecule has 1 rings (SSSR count). The second kappa shape index (κ2) is 4.47. The Morgan fingerprint density at radius 3 is 2.27 bits per heavy atom. The molecule has 3 unspecified atom stereocenters. The van der Waals surface area contributed by atoms with Crippen LogP contribution in [0.5, 0.6) is 0 Å². The lowest BCUT2D eigenvalue weighted by Gasteiger charge is -2.21. The highest BCUT2D eigenvalue weighted by molar-refractivity contribution is 5.94. The molecule has 1 fully saturated rings. The second-order valence-electron chi connectivity index (χ2n) is 4.24. The van der Waals surface area contributed by atoms with Gasteiger partial charge in [-0.2, -0.15) is 0 Å². The fourth-order valence-electron chi connectivity index (χ4n) is 1.93. The number of rotatable bonds is 2. The zero-order valence-electron chi connectivity index (χ0n) is 9.30. The van der Waals surface area contributed by atoms with E-state index in [-0.39, 0.29) is 11.9 Å². The van der Waals surface area contributed by atoms with Crippen molar-refractivity contribution in [1.82, 2.24) is 4.90 Å². The number of carbonyl (C=O) groups excluding carboxylic acids is 1. The minimum Gasteiger partial charge on any atom is -0.478 e. The second-order valence-corrected chi connectivity index (χ2v) is 4.24. The van der Waals surface area contributed by atoms with Crippen LogP contribution in [0.1, 0.15) is 20.8 Å². The lowest BCUT2D eigenvalue weighted by molar-refractivity contribution is -0.132. The molecule has 1 N–H and O–H groups in total. The number of hydrogen-bond acceptors (Lipinski definition) is 2. The summed E-state index contributed by atoms with van der Waals surface area (Å²) in [6.45, 7) is 6.94. The molecule has 1 heterocycles. The molecule has 1 saturated heterocycles. The van der Waals surface area contributed by atoms with E-state index in [0.29, 0.717) is 18.4 Å². The van der Waals surface area contributed by atoms with E-state index in [4.69, 9.17) is 5.11 Å². The van der Waals surface area contributed by atoms with Crippen LogP contribution in [0.4, 0.5) is 0 Å². The number of carbonyl (C=O) groups is 2. The van der Waals surface area contributed by atoms with E-state index in [0.717, 1.165) is 12.2 Å². The van der Waals surface area contributed by atoms with Crippen LogP contribution in [0, 0.1) is 11.8 Å². The maximum atomic E-state index is 11.6. The first-order valence-electron chi connectivity index (χ1n) is 5.15. The minimum absolute atomic E-state index is 0.186. The van der Waals surface area contributed by atoms with Gasteiger partial charge in [0.15, 0.2) is 0 Å². The molecule has 0 saturated carbocycles. The number of carboxylic acids is 1. The maximum Gasteiger partial charge on any atom is 0.328 e. The zero-order chi connectivity index (χ0) is 11.6. The molecule has 15 heavy (non-hydrogen) atoms. The van der Waals surface area contributed by atoms with Crippen molar-refractivity contribution in [2.45, 2.75) is 26.8 Å². The average molecular weight is 211 g/mol. The van der Waals surface area contributed by atoms with E-state index < -0.39 is 5.97 Å². The molecule has 0 radical (unpaired) electrons. The summed E-state index contributed by atoms with van der Waals surface area (Å²) >= 11 is 0. The van der Waals surface area contributed by atoms with Crippen LogP contribution in [-0.2, 0) is 9.59 Å². The molecule has 0 aliphatic carbocycles. The predicted molar refractivity (Wildman–Crippen MR) is 56.3 cm³/mol. The summed E-state index contributed by atoms with van der Waals surface area (Å²) in [5.41, 5.74) is 0. The lowest BCUT2D eigenvalue weighted by Crippen LogP contribution is -2.34. The van der Waals surface area contributed by atoms with E-state index in [2.05, 4.69) is 13.8 Å². The Labute approximate surface area is 89.6 Å². The highest BCUT2D eigenvalue weighted by Crippen LogP contribution is 2.28. The predicted octanol–water partition coefficient (Wildman–Crippen LogP) is 1.13. The van der Waals surface area contributed by atoms with Gasteiger partial charge in [-0.05, 0) is 18.8 Å². The number of hydrogen-bond donors (Lipinski definition) is 1. The Morgan fingerprint density at radius 2 is 1.87 bits per heavy atom. The van der Waals surface area contributed by atoms with E-state index in [1.165, 1.54) is 0 Å². The van der Waals surface area contributed by atoms with Crippen molar-refractivity contribution in [3.8, 4) is 0 Å². The SMILES string of the molecule is CC1CN(C(=O)/C=C\C(=O)O)C(C)C1C. The largest absolute Gasteiger partial charge is 0.478 e. The van der Waals surface area contributed by atoms with Gasteiger partial charge in [-0.15, -0.1) is 0 Å². The van der Waals surface area contributed by atoms with Crippen LogP contribution in [0.2, 0.25) is 0 Å². The zero-order valence-corrected chi connectivity index (χ0v) is 9.30. The van der Waals surface area contributed by atoms with E-state index in [1.807, 2.05) is 6.92 Å². The maximum absolute atomic E-state index is 11.6. The average Bonchev–Trinajstić information content (AvgIpc) is 2.42. The van der Waals surface area contributed by atoms with Crippen LogP contribution in [-0.4, -0.2) is 34.5 Å². The van der Waals surface area contributed by atoms with Crippen molar-refractivity contribution in [3.63, 3.8) is 0 Å². The Morgan fingerprint density at radius 1 is 1.27 bits per heavy atom. The van der Waals surface area contributed by atoms with Gasteiger partial charge in [0.05, 0.1) is 0 Å². The molecule has 0 aromatic carbocycles. The summed E-state index contributed by atoms with van der Waals surface area (Å²) in [6.07, 6.45) is 2.02. The molecule has 4 nitrogen and oxygen atoms in total. The van der Waals surface area contributed by atoms with E-state index >= 15 is 0 Å². The molecule has 84 valence electrons. The van der Waals surface area contributed by atoms with Gasteiger partial charge < -0.3 is 10.0 Å². The Hall–Kier alpha value is -1.32. The Balaban J connectivity index is 2.66. The van der Waals surface area contributed by atoms with Crippen LogP contribution >= 0.6 is 0 Å². The van der Waals surface area contributed by atoms with Crippen molar-refractivity contribution < 1.29 is 14.7 Å². The van der Waals surface area contributed by atoms with Gasteiger partial charge >= 0.3 is 5.97 Å². The van der Waals surface area contributed by atoms with Gasteiger partial charge in [-0.25, -0.2) is 4.79 Å². The third kappa shape index (κ3) is 2.58. The number of likely N-dealkylation sites (tertiary alicyclic amines) is 1. The Kier molecular flexibility index (Phi) is 3.50. The van der Waals surface area contributed by atoms with Crippen molar-refractivity contribution >= 4 is 11.9 Å². The van der Waals surface area contributed by atoms with Crippen LogP contribution in [0.25, 0.3) is 0 Å². The van der Waals surface area contributed by atoms with Gasteiger partial charge in [0, 0.05) is 24.7 Å². The summed E-state index contributed by atoms with van der Waals surface area (Å²) in [5.74, 6) is -0.355. The standard InChI is InChI=1S/C11H17NO3/c1-7-6-12(9(3)8(7)2)10(13)4-5-11(14)15/h4-5,7-9H,6H2,1-3H3,(H,14,15)/b5-4-. The summed E-state index contributed by atoms with van der Waals surface area (Å²) in [4.78, 5) is 23.6. The summed E-state index contributed by atoms with van der Waals surface area (Å²) in [6, 6.07) is 0.186. The molecule has 1 amide bonds. The molecular formula is C11H17NO3. The summed E-state index contributed by atoms with van der Waals surface area (Å²) in [5, 5.41) is 8.42. The fraction of sp³-hybridized carbons (Fsp3) is 0.636. The van der Waals surface area contributed by atoms with E-state index in [9.17, 15) is 9.59 Å². The van der Waals surface area contributed by atoms with Gasteiger partial charge in [0.1, 0.15) is 0 Å². The van der Waals surface area contributed by atoms with Gasteiger partial charge in [0.25, 0.3) is 0 Å². The molecular weight excluding hydrogens is 194 g/mol. The Bertz CT molecular complexity index is 298. The molecule has 0 spiro atoms. The normalized spacial score (nSPS) is 31.1. The summed E-state index contributed by atoms with van der Waals surface area (Å²) < 4.78 is 0. The number of aliphatic carboxylic acids is 1. The van der Waals surface area contributed by atoms with Gasteiger partial charge in [-0.1, -0.05) is 13.8 Å². The van der Waals surface area contributed by atoms with Crippen molar-refractivity contribution in [3.05, 3.63) is 12.2 Å². The molecule has 0 bridgehead atoms. The molecule has 1 aliphatic heterocycles. The van der Waals surface area contributed by atoms with E-state index in [1.54, 1.807) is 4.90 Å². The minimum atomic E-state index is -1.09. The monoisotopic (exact) mass is 211 g/mol. The molecule has 0 aromatic heterocycles. The van der Waals surface area contributed by atoms with Crippen LogP contribution < -0.4 is 0 Å². The number of carboxylic acid groups (broad SMARTS) is 1. The molecule has 4 heteroatoms. The third-order valence-electron chi connectivity index (χ3n) is 3.29. The van der Waals surface area contributed by atoms with Crippen molar-refractivity contribution in [2.75, 3.05) is 6.54 Å². The van der Waals surface area contributed by atoms with Crippen molar-refractivity contribution in [2.24, 2.45) is 11.8 Å². The highest BCUT2D eigenvalue weighted by Gasteiger charge is 2.35. The highest BCUT2D eigenvalue weighted by atomic mass is 16.4. The lowest BCUT2D eigenvalue weighted by atomic mass is 9.95. The van der Waals surface area contributed by atoms with Crippen molar-refractivity contribution in [1.29, 1.82) is 0 Å².